The Hall–Kier alpha value is -2.70. The zero-order valence-corrected chi connectivity index (χ0v) is 26.1. The summed E-state index contributed by atoms with van der Waals surface area (Å²) in [5.74, 6) is -1.01. The number of nitrogens with zero attached hydrogens (tertiary/aromatic N) is 2. The molecule has 4 aromatic rings. The molecule has 0 aromatic heterocycles. The van der Waals surface area contributed by atoms with Crippen LogP contribution in [0.2, 0.25) is 10.0 Å². The largest absolute Gasteiger partial charge is 1.00 e. The molecular weight excluding hydrogens is 588 g/mol. The van der Waals surface area contributed by atoms with Gasteiger partial charge in [0, 0.05) is 16.6 Å². The van der Waals surface area contributed by atoms with Crippen LogP contribution in [0.5, 0.6) is 11.5 Å². The van der Waals surface area contributed by atoms with E-state index in [1.807, 2.05) is 6.92 Å². The third-order valence-electron chi connectivity index (χ3n) is 5.76. The zero-order valence-electron chi connectivity index (χ0n) is 21.7. The monoisotopic (exact) mass is 609 g/mol. The fourth-order valence-electron chi connectivity index (χ4n) is 3.98. The summed E-state index contributed by atoms with van der Waals surface area (Å²) < 4.78 is 39.5. The van der Waals surface area contributed by atoms with Crippen molar-refractivity contribution in [3.8, 4) is 11.5 Å². The van der Waals surface area contributed by atoms with Crippen molar-refractivity contribution in [1.82, 2.24) is 0 Å². The van der Waals surface area contributed by atoms with Gasteiger partial charge in [-0.3, -0.25) is 9.35 Å². The maximum Gasteiger partial charge on any atom is 1.00 e. The normalized spacial score (nSPS) is 11.4. The molecule has 40 heavy (non-hydrogen) atoms. The Kier molecular flexibility index (Phi) is 10.6. The van der Waals surface area contributed by atoms with Gasteiger partial charge in [-0.15, -0.1) is 5.11 Å². The van der Waals surface area contributed by atoms with Gasteiger partial charge in [0.1, 0.15) is 16.3 Å². The Morgan fingerprint density at radius 3 is 2.35 bits per heavy atom. The molecule has 0 spiro atoms. The minimum atomic E-state index is -4.72. The van der Waals surface area contributed by atoms with Crippen molar-refractivity contribution < 1.29 is 57.2 Å². The van der Waals surface area contributed by atoms with Gasteiger partial charge in [-0.2, -0.15) is 13.5 Å². The molecule has 4 rings (SSSR count). The van der Waals surface area contributed by atoms with Crippen LogP contribution in [0.15, 0.2) is 75.8 Å². The number of rotatable bonds is 8. The van der Waals surface area contributed by atoms with Gasteiger partial charge in [-0.25, -0.2) is 0 Å². The SMILES string of the molecule is CCOc1ccc(NC(=O)c2cc3ccccc3c(N=Nc3c(Cl)ccc(CC)c3S(=O)(=O)O)c2[O-])cc1Cl.[Na+]. The summed E-state index contributed by atoms with van der Waals surface area (Å²) in [7, 11) is -4.72. The Morgan fingerprint density at radius 2 is 1.70 bits per heavy atom. The Bertz CT molecular complexity index is 1730. The van der Waals surface area contributed by atoms with Gasteiger partial charge in [-0.1, -0.05) is 66.2 Å². The molecule has 9 nitrogen and oxygen atoms in total. The fraction of sp³-hybridized carbons (Fsp3) is 0.148. The third kappa shape index (κ3) is 6.77. The second-order valence-corrected chi connectivity index (χ2v) is 10.4. The number of azo groups is 1. The van der Waals surface area contributed by atoms with E-state index in [1.165, 1.54) is 24.3 Å². The molecule has 0 saturated heterocycles. The molecule has 0 aliphatic rings. The molecule has 0 aliphatic carbocycles. The molecule has 0 fully saturated rings. The maximum atomic E-state index is 13.5. The maximum absolute atomic E-state index is 13.5. The van der Waals surface area contributed by atoms with Crippen molar-refractivity contribution in [2.75, 3.05) is 11.9 Å². The van der Waals surface area contributed by atoms with Gasteiger partial charge in [0.2, 0.25) is 0 Å². The van der Waals surface area contributed by atoms with Crippen LogP contribution in [0.3, 0.4) is 0 Å². The van der Waals surface area contributed by atoms with Crippen molar-refractivity contribution in [2.24, 2.45) is 10.2 Å². The molecule has 202 valence electrons. The van der Waals surface area contributed by atoms with E-state index >= 15 is 0 Å². The van der Waals surface area contributed by atoms with Crippen molar-refractivity contribution in [3.05, 3.63) is 81.8 Å². The topological polar surface area (TPSA) is 140 Å². The van der Waals surface area contributed by atoms with Crippen molar-refractivity contribution in [3.63, 3.8) is 0 Å². The number of carbonyl (C=O) groups is 1. The number of hydrogen-bond donors (Lipinski definition) is 2. The van der Waals surface area contributed by atoms with E-state index in [2.05, 4.69) is 15.5 Å². The van der Waals surface area contributed by atoms with Crippen LogP contribution in [0, 0.1) is 0 Å². The molecule has 0 radical (unpaired) electrons. The van der Waals surface area contributed by atoms with E-state index in [-0.39, 0.29) is 68.5 Å². The van der Waals surface area contributed by atoms with Crippen LogP contribution in [0.25, 0.3) is 10.8 Å². The minimum Gasteiger partial charge on any atom is -0.870 e. The van der Waals surface area contributed by atoms with Gasteiger partial charge in [0.25, 0.3) is 16.0 Å². The number of benzene rings is 4. The fourth-order valence-corrected chi connectivity index (χ4v) is 5.40. The number of fused-ring (bicyclic) bond motifs is 1. The molecule has 0 saturated carbocycles. The number of aryl methyl sites for hydroxylation is 1. The number of hydrogen-bond acceptors (Lipinski definition) is 7. The smallest absolute Gasteiger partial charge is 0.870 e. The summed E-state index contributed by atoms with van der Waals surface area (Å²) in [4.78, 5) is 12.7. The predicted octanol–water partition coefficient (Wildman–Crippen LogP) is 4.10. The summed E-state index contributed by atoms with van der Waals surface area (Å²) in [6.07, 6.45) is 0.260. The van der Waals surface area contributed by atoms with Crippen LogP contribution in [-0.2, 0) is 16.5 Å². The summed E-state index contributed by atoms with van der Waals surface area (Å²) >= 11 is 12.4. The van der Waals surface area contributed by atoms with Gasteiger partial charge >= 0.3 is 29.6 Å². The standard InChI is InChI=1S/C27H23Cl2N3O6S.Na/c1-3-15-9-11-20(28)24(26(15)39(35,36)37)32-31-23-18-8-6-5-7-16(18)13-19(25(23)33)27(34)30-17-10-12-22(38-4-2)21(29)14-17;/h5-14,33H,3-4H2,1-2H3,(H,30,34)(H,35,36,37);/q;+1/p-1. The van der Waals surface area contributed by atoms with Gasteiger partial charge < -0.3 is 15.2 Å². The summed E-state index contributed by atoms with van der Waals surface area (Å²) in [5, 5.41) is 25.2. The van der Waals surface area contributed by atoms with Gasteiger partial charge in [0.15, 0.2) is 0 Å². The molecule has 0 heterocycles. The second kappa shape index (κ2) is 13.3. The van der Waals surface area contributed by atoms with Crippen LogP contribution in [0.1, 0.15) is 29.8 Å². The Balaban J connectivity index is 0.00000441. The van der Waals surface area contributed by atoms with E-state index < -0.39 is 26.7 Å². The van der Waals surface area contributed by atoms with Gasteiger partial charge in [-0.05, 0) is 54.6 Å². The van der Waals surface area contributed by atoms with E-state index in [0.717, 1.165) is 0 Å². The van der Waals surface area contributed by atoms with E-state index in [4.69, 9.17) is 27.9 Å². The molecule has 0 atom stereocenters. The Morgan fingerprint density at radius 1 is 1.00 bits per heavy atom. The van der Waals surface area contributed by atoms with Crippen molar-refractivity contribution in [2.45, 2.75) is 25.2 Å². The summed E-state index contributed by atoms with van der Waals surface area (Å²) in [5.41, 5.74) is -0.144. The molecule has 0 aliphatic heterocycles. The predicted molar refractivity (Wildman–Crippen MR) is 149 cm³/mol. The van der Waals surface area contributed by atoms with Crippen molar-refractivity contribution in [1.29, 1.82) is 0 Å². The summed E-state index contributed by atoms with van der Waals surface area (Å²) in [6.45, 7) is 3.93. The first kappa shape index (κ1) is 31.8. The second-order valence-electron chi connectivity index (χ2n) is 8.27. The third-order valence-corrected chi connectivity index (χ3v) is 7.33. The number of amides is 1. The molecule has 13 heteroatoms. The first-order valence-corrected chi connectivity index (χ1v) is 13.9. The minimum absolute atomic E-state index is 0. The summed E-state index contributed by atoms with van der Waals surface area (Å²) in [6, 6.07) is 15.7. The van der Waals surface area contributed by atoms with Gasteiger partial charge in [0.05, 0.1) is 22.3 Å². The van der Waals surface area contributed by atoms with E-state index in [0.29, 0.717) is 28.8 Å². The van der Waals surface area contributed by atoms with E-state index in [9.17, 15) is 22.9 Å². The van der Waals surface area contributed by atoms with Crippen LogP contribution in [0.4, 0.5) is 17.1 Å². The Labute approximate surface area is 263 Å². The average Bonchev–Trinajstić information content (AvgIpc) is 2.89. The molecule has 2 N–H and O–H groups in total. The van der Waals surface area contributed by atoms with Crippen LogP contribution < -0.4 is 44.7 Å². The van der Waals surface area contributed by atoms with Crippen LogP contribution >= 0.6 is 23.2 Å². The molecule has 0 bridgehead atoms. The molecule has 0 unspecified atom stereocenters. The van der Waals surface area contributed by atoms with Crippen molar-refractivity contribution >= 4 is 67.1 Å². The zero-order chi connectivity index (χ0) is 28.3. The molecular formula is C27H22Cl2N3NaO6S. The number of halogens is 2. The first-order chi connectivity index (χ1) is 18.5. The average molecular weight is 610 g/mol. The first-order valence-electron chi connectivity index (χ1n) is 11.7. The quantitative estimate of drug-likeness (QED) is 0.175. The van der Waals surface area contributed by atoms with Crippen LogP contribution in [-0.4, -0.2) is 25.5 Å². The number of nitrogens with one attached hydrogen (secondary N) is 1. The number of ether oxygens (including phenoxy) is 1. The number of carbonyl (C=O) groups excluding carboxylic acids is 1. The molecule has 1 amide bonds. The molecule has 4 aromatic carbocycles. The number of anilines is 1. The van der Waals surface area contributed by atoms with E-state index in [1.54, 1.807) is 43.3 Å².